The van der Waals surface area contributed by atoms with Gasteiger partial charge in [0, 0.05) is 24.4 Å². The Bertz CT molecular complexity index is 557. The van der Waals surface area contributed by atoms with Crippen LogP contribution in [0.5, 0.6) is 0 Å². The van der Waals surface area contributed by atoms with Gasteiger partial charge >= 0.3 is 0 Å². The minimum atomic E-state index is -0.171. The van der Waals surface area contributed by atoms with Crippen molar-refractivity contribution in [2.45, 2.75) is 18.8 Å². The third-order valence-corrected chi connectivity index (χ3v) is 4.15. The van der Waals surface area contributed by atoms with E-state index in [0.29, 0.717) is 16.6 Å². The fourth-order valence-electron chi connectivity index (χ4n) is 2.11. The van der Waals surface area contributed by atoms with E-state index in [1.165, 1.54) is 5.56 Å². The van der Waals surface area contributed by atoms with Crippen LogP contribution in [-0.2, 0) is 11.8 Å². The van der Waals surface area contributed by atoms with Crippen LogP contribution in [0.25, 0.3) is 0 Å². The average Bonchev–Trinajstić information content (AvgIpc) is 2.43. The maximum absolute atomic E-state index is 6.10. The third-order valence-electron chi connectivity index (χ3n) is 3.41. The normalized spacial score (nSPS) is 14.1. The van der Waals surface area contributed by atoms with Crippen molar-refractivity contribution in [2.24, 2.45) is 5.73 Å². The zero-order valence-electron chi connectivity index (χ0n) is 10.7. The van der Waals surface area contributed by atoms with Crippen LogP contribution in [0.15, 0.2) is 42.7 Å². The lowest BCUT2D eigenvalue weighted by Gasteiger charge is -2.29. The van der Waals surface area contributed by atoms with Crippen molar-refractivity contribution >= 4 is 23.2 Å². The SMILES string of the molecule is CC(CN)(Cc1ccncc1)c1ccc(Cl)c(Cl)c1. The van der Waals surface area contributed by atoms with E-state index in [1.807, 2.05) is 30.3 Å². The minimum Gasteiger partial charge on any atom is -0.330 e. The van der Waals surface area contributed by atoms with Gasteiger partial charge in [0.2, 0.25) is 0 Å². The van der Waals surface area contributed by atoms with Crippen molar-refractivity contribution in [3.8, 4) is 0 Å². The number of rotatable bonds is 4. The molecule has 0 aliphatic rings. The van der Waals surface area contributed by atoms with Crippen LogP contribution in [0, 0.1) is 0 Å². The number of halogens is 2. The number of pyridine rings is 1. The van der Waals surface area contributed by atoms with E-state index in [9.17, 15) is 0 Å². The minimum absolute atomic E-state index is 0.171. The van der Waals surface area contributed by atoms with Gasteiger partial charge in [0.25, 0.3) is 0 Å². The van der Waals surface area contributed by atoms with E-state index in [4.69, 9.17) is 28.9 Å². The number of nitrogens with zero attached hydrogens (tertiary/aromatic N) is 1. The molecule has 0 radical (unpaired) electrons. The lowest BCUT2D eigenvalue weighted by atomic mass is 9.77. The second-order valence-electron chi connectivity index (χ2n) is 4.93. The fraction of sp³-hybridized carbons (Fsp3) is 0.267. The quantitative estimate of drug-likeness (QED) is 0.930. The Hall–Kier alpha value is -1.09. The molecule has 1 unspecified atom stereocenters. The van der Waals surface area contributed by atoms with Gasteiger partial charge in [0.05, 0.1) is 10.0 Å². The molecule has 2 N–H and O–H groups in total. The standard InChI is InChI=1S/C15H16Cl2N2/c1-15(10-18,9-11-4-6-19-7-5-11)12-2-3-13(16)14(17)8-12/h2-8H,9-10,18H2,1H3. The molecule has 19 heavy (non-hydrogen) atoms. The van der Waals surface area contributed by atoms with Crippen molar-refractivity contribution in [1.82, 2.24) is 4.98 Å². The highest BCUT2D eigenvalue weighted by Gasteiger charge is 2.26. The molecule has 0 saturated heterocycles. The lowest BCUT2D eigenvalue weighted by Crippen LogP contribution is -2.34. The maximum Gasteiger partial charge on any atom is 0.0595 e. The van der Waals surface area contributed by atoms with E-state index in [1.54, 1.807) is 12.4 Å². The van der Waals surface area contributed by atoms with Gasteiger partial charge < -0.3 is 5.73 Å². The Balaban J connectivity index is 2.33. The fourth-order valence-corrected chi connectivity index (χ4v) is 2.41. The summed E-state index contributed by atoms with van der Waals surface area (Å²) in [4.78, 5) is 4.03. The molecule has 0 bridgehead atoms. The molecule has 1 atom stereocenters. The van der Waals surface area contributed by atoms with Crippen LogP contribution in [0.2, 0.25) is 10.0 Å². The molecule has 100 valence electrons. The molecule has 0 aliphatic heterocycles. The van der Waals surface area contributed by atoms with Gasteiger partial charge in [-0.15, -0.1) is 0 Å². The van der Waals surface area contributed by atoms with Gasteiger partial charge in [-0.3, -0.25) is 4.98 Å². The zero-order chi connectivity index (χ0) is 13.9. The smallest absolute Gasteiger partial charge is 0.0595 e. The van der Waals surface area contributed by atoms with E-state index < -0.39 is 0 Å². The monoisotopic (exact) mass is 294 g/mol. The molecular formula is C15H16Cl2N2. The predicted octanol–water partition coefficient (Wildman–Crippen LogP) is 3.85. The van der Waals surface area contributed by atoms with Crippen LogP contribution < -0.4 is 5.73 Å². The molecule has 0 amide bonds. The van der Waals surface area contributed by atoms with Crippen LogP contribution in [0.4, 0.5) is 0 Å². The molecule has 2 rings (SSSR count). The summed E-state index contributed by atoms with van der Waals surface area (Å²) in [5.41, 5.74) is 8.11. The Kier molecular flexibility index (Phi) is 4.46. The molecule has 0 aliphatic carbocycles. The molecule has 2 nitrogen and oxygen atoms in total. The second kappa shape index (κ2) is 5.91. The van der Waals surface area contributed by atoms with Crippen molar-refractivity contribution in [1.29, 1.82) is 0 Å². The van der Waals surface area contributed by atoms with Gasteiger partial charge in [-0.25, -0.2) is 0 Å². The van der Waals surface area contributed by atoms with E-state index in [-0.39, 0.29) is 5.41 Å². The first-order valence-electron chi connectivity index (χ1n) is 6.10. The largest absolute Gasteiger partial charge is 0.330 e. The van der Waals surface area contributed by atoms with Crippen molar-refractivity contribution in [3.05, 3.63) is 63.9 Å². The summed E-state index contributed by atoms with van der Waals surface area (Å²) in [5, 5.41) is 1.13. The first-order chi connectivity index (χ1) is 9.05. The number of benzene rings is 1. The van der Waals surface area contributed by atoms with Crippen molar-refractivity contribution in [3.63, 3.8) is 0 Å². The summed E-state index contributed by atoms with van der Waals surface area (Å²) in [6, 6.07) is 9.72. The first kappa shape index (κ1) is 14.3. The highest BCUT2D eigenvalue weighted by Crippen LogP contribution is 2.32. The Morgan fingerprint density at radius 3 is 2.37 bits per heavy atom. The maximum atomic E-state index is 6.10. The van der Waals surface area contributed by atoms with Crippen LogP contribution in [-0.4, -0.2) is 11.5 Å². The van der Waals surface area contributed by atoms with Gasteiger partial charge in [-0.2, -0.15) is 0 Å². The summed E-state index contributed by atoms with van der Waals surface area (Å²) in [7, 11) is 0. The molecule has 4 heteroatoms. The number of hydrogen-bond donors (Lipinski definition) is 1. The highest BCUT2D eigenvalue weighted by molar-refractivity contribution is 6.42. The topological polar surface area (TPSA) is 38.9 Å². The number of aromatic nitrogens is 1. The molecule has 1 aromatic heterocycles. The van der Waals surface area contributed by atoms with E-state index in [2.05, 4.69) is 11.9 Å². The van der Waals surface area contributed by atoms with E-state index in [0.717, 1.165) is 12.0 Å². The second-order valence-corrected chi connectivity index (χ2v) is 5.74. The molecular weight excluding hydrogens is 279 g/mol. The Morgan fingerprint density at radius 2 is 1.79 bits per heavy atom. The predicted molar refractivity (Wildman–Crippen MR) is 80.8 cm³/mol. The highest BCUT2D eigenvalue weighted by atomic mass is 35.5. The molecule has 0 fully saturated rings. The van der Waals surface area contributed by atoms with E-state index >= 15 is 0 Å². The number of hydrogen-bond acceptors (Lipinski definition) is 2. The molecule has 0 spiro atoms. The van der Waals surface area contributed by atoms with Crippen molar-refractivity contribution in [2.75, 3.05) is 6.54 Å². The average molecular weight is 295 g/mol. The molecule has 1 aromatic carbocycles. The lowest BCUT2D eigenvalue weighted by molar-refractivity contribution is 0.481. The van der Waals surface area contributed by atoms with Gasteiger partial charge in [0.15, 0.2) is 0 Å². The molecule has 2 aromatic rings. The Labute approximate surface area is 123 Å². The summed E-state index contributed by atoms with van der Waals surface area (Å²) >= 11 is 12.1. The van der Waals surface area contributed by atoms with Crippen LogP contribution in [0.1, 0.15) is 18.1 Å². The van der Waals surface area contributed by atoms with Crippen LogP contribution >= 0.6 is 23.2 Å². The molecule has 0 saturated carbocycles. The third kappa shape index (κ3) is 3.27. The van der Waals surface area contributed by atoms with Crippen LogP contribution in [0.3, 0.4) is 0 Å². The zero-order valence-corrected chi connectivity index (χ0v) is 12.2. The summed E-state index contributed by atoms with van der Waals surface area (Å²) in [6.45, 7) is 2.67. The summed E-state index contributed by atoms with van der Waals surface area (Å²) < 4.78 is 0. The van der Waals surface area contributed by atoms with Gasteiger partial charge in [-0.1, -0.05) is 36.2 Å². The van der Waals surface area contributed by atoms with Crippen molar-refractivity contribution < 1.29 is 0 Å². The van der Waals surface area contributed by atoms with Gasteiger partial charge in [0.1, 0.15) is 0 Å². The Morgan fingerprint density at radius 1 is 1.11 bits per heavy atom. The summed E-state index contributed by atoms with van der Waals surface area (Å²) in [5.74, 6) is 0. The number of nitrogens with two attached hydrogens (primary N) is 1. The summed E-state index contributed by atoms with van der Waals surface area (Å²) in [6.07, 6.45) is 4.42. The molecule has 1 heterocycles. The van der Waals surface area contributed by atoms with Gasteiger partial charge in [-0.05, 0) is 41.8 Å². The first-order valence-corrected chi connectivity index (χ1v) is 6.85.